The fraction of sp³-hybridized carbons (Fsp3) is 0.600. The van der Waals surface area contributed by atoms with E-state index in [1.165, 1.54) is 12.8 Å². The van der Waals surface area contributed by atoms with Crippen molar-refractivity contribution in [3.05, 3.63) is 24.3 Å². The molecule has 3 heteroatoms. The number of rotatable bonds is 5. The van der Waals surface area contributed by atoms with Crippen molar-refractivity contribution in [2.45, 2.75) is 32.8 Å². The fourth-order valence-electron chi connectivity index (χ4n) is 2.40. The third kappa shape index (κ3) is 3.39. The van der Waals surface area contributed by atoms with Gasteiger partial charge in [0, 0.05) is 12.5 Å². The molecule has 0 spiro atoms. The van der Waals surface area contributed by atoms with Gasteiger partial charge >= 0.3 is 0 Å². The van der Waals surface area contributed by atoms with Crippen LogP contribution in [0.5, 0.6) is 11.5 Å². The van der Waals surface area contributed by atoms with Gasteiger partial charge in [-0.25, -0.2) is 0 Å². The first-order valence-electron chi connectivity index (χ1n) is 6.90. The Balaban J connectivity index is 1.99. The lowest BCUT2D eigenvalue weighted by atomic mass is 9.94. The SMILES string of the molecule is CCOc1ccccc1O[C@@H](C)[C@H]1CCCNC1. The molecule has 100 valence electrons. The molecule has 1 N–H and O–H groups in total. The second-order valence-electron chi connectivity index (χ2n) is 4.81. The Hall–Kier alpha value is -1.22. The summed E-state index contributed by atoms with van der Waals surface area (Å²) in [5.41, 5.74) is 0. The van der Waals surface area contributed by atoms with Gasteiger partial charge in [0.15, 0.2) is 11.5 Å². The molecule has 3 nitrogen and oxygen atoms in total. The highest BCUT2D eigenvalue weighted by Gasteiger charge is 2.22. The Morgan fingerprint density at radius 2 is 2.11 bits per heavy atom. The van der Waals surface area contributed by atoms with Gasteiger partial charge in [-0.2, -0.15) is 0 Å². The molecule has 2 atom stereocenters. The van der Waals surface area contributed by atoms with E-state index >= 15 is 0 Å². The molecule has 1 aromatic carbocycles. The monoisotopic (exact) mass is 249 g/mol. The summed E-state index contributed by atoms with van der Waals surface area (Å²) in [6.07, 6.45) is 2.70. The third-order valence-electron chi connectivity index (χ3n) is 3.46. The van der Waals surface area contributed by atoms with Gasteiger partial charge in [-0.1, -0.05) is 12.1 Å². The zero-order valence-corrected chi connectivity index (χ0v) is 11.3. The van der Waals surface area contributed by atoms with Crippen LogP contribution in [0.15, 0.2) is 24.3 Å². The second kappa shape index (κ2) is 6.64. The zero-order chi connectivity index (χ0) is 12.8. The second-order valence-corrected chi connectivity index (χ2v) is 4.81. The fourth-order valence-corrected chi connectivity index (χ4v) is 2.40. The lowest BCUT2D eigenvalue weighted by Gasteiger charge is -2.29. The molecule has 0 unspecified atom stereocenters. The van der Waals surface area contributed by atoms with E-state index in [9.17, 15) is 0 Å². The summed E-state index contributed by atoms with van der Waals surface area (Å²) in [5.74, 6) is 2.29. The number of piperidine rings is 1. The molecule has 2 rings (SSSR count). The van der Waals surface area contributed by atoms with Crippen LogP contribution in [0.2, 0.25) is 0 Å². The molecule has 1 aromatic rings. The topological polar surface area (TPSA) is 30.5 Å². The summed E-state index contributed by atoms with van der Waals surface area (Å²) in [6, 6.07) is 7.91. The minimum atomic E-state index is 0.222. The summed E-state index contributed by atoms with van der Waals surface area (Å²) < 4.78 is 11.7. The number of para-hydroxylation sites is 2. The van der Waals surface area contributed by atoms with Crippen LogP contribution in [-0.4, -0.2) is 25.8 Å². The average Bonchev–Trinajstić information content (AvgIpc) is 2.42. The lowest BCUT2D eigenvalue weighted by Crippen LogP contribution is -2.37. The number of hydrogen-bond acceptors (Lipinski definition) is 3. The Kier molecular flexibility index (Phi) is 4.88. The van der Waals surface area contributed by atoms with Gasteiger partial charge in [-0.05, 0) is 45.4 Å². The Morgan fingerprint density at radius 3 is 2.78 bits per heavy atom. The summed E-state index contributed by atoms with van der Waals surface area (Å²) in [6.45, 7) is 7.00. The van der Waals surface area contributed by atoms with Crippen LogP contribution >= 0.6 is 0 Å². The van der Waals surface area contributed by atoms with E-state index in [-0.39, 0.29) is 6.10 Å². The van der Waals surface area contributed by atoms with Crippen molar-refractivity contribution in [2.24, 2.45) is 5.92 Å². The van der Waals surface area contributed by atoms with Crippen LogP contribution in [-0.2, 0) is 0 Å². The standard InChI is InChI=1S/C15H23NO2/c1-3-17-14-8-4-5-9-15(14)18-12(2)13-7-6-10-16-11-13/h4-5,8-9,12-13,16H,3,6-7,10-11H2,1-2H3/t12-,13-/m0/s1. The van der Waals surface area contributed by atoms with Crippen LogP contribution < -0.4 is 14.8 Å². The van der Waals surface area contributed by atoms with Gasteiger partial charge in [-0.3, -0.25) is 0 Å². The molecule has 0 bridgehead atoms. The van der Waals surface area contributed by atoms with Crippen LogP contribution in [0.25, 0.3) is 0 Å². The summed E-state index contributed by atoms with van der Waals surface area (Å²) in [7, 11) is 0. The van der Waals surface area contributed by atoms with E-state index in [1.807, 2.05) is 31.2 Å². The van der Waals surface area contributed by atoms with Gasteiger partial charge < -0.3 is 14.8 Å². The maximum Gasteiger partial charge on any atom is 0.161 e. The number of nitrogens with one attached hydrogen (secondary N) is 1. The quantitative estimate of drug-likeness (QED) is 0.870. The first-order valence-corrected chi connectivity index (χ1v) is 6.90. The van der Waals surface area contributed by atoms with Crippen LogP contribution in [0, 0.1) is 5.92 Å². The lowest BCUT2D eigenvalue weighted by molar-refractivity contribution is 0.126. The first-order chi connectivity index (χ1) is 8.81. The highest BCUT2D eigenvalue weighted by atomic mass is 16.5. The van der Waals surface area contributed by atoms with E-state index in [1.54, 1.807) is 0 Å². The molecule has 18 heavy (non-hydrogen) atoms. The third-order valence-corrected chi connectivity index (χ3v) is 3.46. The highest BCUT2D eigenvalue weighted by molar-refractivity contribution is 5.39. The minimum Gasteiger partial charge on any atom is -0.490 e. The molecule has 0 radical (unpaired) electrons. The van der Waals surface area contributed by atoms with Gasteiger partial charge in [0.1, 0.15) is 6.10 Å². The maximum atomic E-state index is 6.07. The minimum absolute atomic E-state index is 0.222. The Morgan fingerprint density at radius 1 is 1.33 bits per heavy atom. The highest BCUT2D eigenvalue weighted by Crippen LogP contribution is 2.29. The van der Waals surface area contributed by atoms with Crippen molar-refractivity contribution in [1.82, 2.24) is 5.32 Å². The molecule has 1 fully saturated rings. The molecule has 0 amide bonds. The van der Waals surface area contributed by atoms with Gasteiger partial charge in [0.2, 0.25) is 0 Å². The van der Waals surface area contributed by atoms with Crippen LogP contribution in [0.4, 0.5) is 0 Å². The molecular weight excluding hydrogens is 226 g/mol. The Labute approximate surface area is 109 Å². The maximum absolute atomic E-state index is 6.07. The van der Waals surface area contributed by atoms with E-state index in [0.717, 1.165) is 24.6 Å². The van der Waals surface area contributed by atoms with Gasteiger partial charge in [-0.15, -0.1) is 0 Å². The largest absolute Gasteiger partial charge is 0.490 e. The molecule has 1 aliphatic rings. The van der Waals surface area contributed by atoms with Crippen molar-refractivity contribution in [2.75, 3.05) is 19.7 Å². The van der Waals surface area contributed by atoms with E-state index in [2.05, 4.69) is 12.2 Å². The normalized spacial score (nSPS) is 21.3. The van der Waals surface area contributed by atoms with Crippen LogP contribution in [0.3, 0.4) is 0 Å². The summed E-state index contributed by atoms with van der Waals surface area (Å²) >= 11 is 0. The number of benzene rings is 1. The predicted molar refractivity (Wildman–Crippen MR) is 73.3 cm³/mol. The van der Waals surface area contributed by atoms with Gasteiger partial charge in [0.05, 0.1) is 6.61 Å². The van der Waals surface area contributed by atoms with Crippen molar-refractivity contribution in [3.63, 3.8) is 0 Å². The Bertz CT molecular complexity index is 361. The molecule has 1 aliphatic heterocycles. The zero-order valence-electron chi connectivity index (χ0n) is 11.3. The van der Waals surface area contributed by atoms with Crippen molar-refractivity contribution < 1.29 is 9.47 Å². The van der Waals surface area contributed by atoms with Crippen molar-refractivity contribution in [3.8, 4) is 11.5 Å². The summed E-state index contributed by atoms with van der Waals surface area (Å²) in [4.78, 5) is 0. The van der Waals surface area contributed by atoms with Crippen LogP contribution in [0.1, 0.15) is 26.7 Å². The molecule has 0 aromatic heterocycles. The molecule has 1 heterocycles. The van der Waals surface area contributed by atoms with Crippen molar-refractivity contribution >= 4 is 0 Å². The molecule has 0 aliphatic carbocycles. The molecule has 1 saturated heterocycles. The number of ether oxygens (including phenoxy) is 2. The van der Waals surface area contributed by atoms with E-state index < -0.39 is 0 Å². The predicted octanol–water partition coefficient (Wildman–Crippen LogP) is 2.85. The smallest absolute Gasteiger partial charge is 0.161 e. The number of hydrogen-bond donors (Lipinski definition) is 1. The first kappa shape index (κ1) is 13.2. The summed E-state index contributed by atoms with van der Waals surface area (Å²) in [5, 5.41) is 3.43. The molecule has 0 saturated carbocycles. The average molecular weight is 249 g/mol. The van der Waals surface area contributed by atoms with Crippen molar-refractivity contribution in [1.29, 1.82) is 0 Å². The van der Waals surface area contributed by atoms with E-state index in [0.29, 0.717) is 12.5 Å². The van der Waals surface area contributed by atoms with Gasteiger partial charge in [0.25, 0.3) is 0 Å². The molecular formula is C15H23NO2. The van der Waals surface area contributed by atoms with E-state index in [4.69, 9.17) is 9.47 Å².